The van der Waals surface area contributed by atoms with E-state index in [1.54, 1.807) is 0 Å². The minimum atomic E-state index is -2.86. The van der Waals surface area contributed by atoms with E-state index >= 15 is 0 Å². The maximum atomic E-state index is 11.5. The van der Waals surface area contributed by atoms with Crippen molar-refractivity contribution in [3.05, 3.63) is 35.9 Å². The summed E-state index contributed by atoms with van der Waals surface area (Å²) >= 11 is 0. The zero-order chi connectivity index (χ0) is 15.1. The largest absolute Gasteiger partial charge is 0.357 e. The molecule has 1 aromatic carbocycles. The third kappa shape index (κ3) is 5.38. The van der Waals surface area contributed by atoms with E-state index in [0.29, 0.717) is 18.9 Å². The Kier molecular flexibility index (Phi) is 5.61. The summed E-state index contributed by atoms with van der Waals surface area (Å²) in [6.45, 7) is 3.44. The second-order valence-corrected chi connectivity index (χ2v) is 7.47. The van der Waals surface area contributed by atoms with Crippen LogP contribution in [-0.2, 0) is 16.3 Å². The molecule has 0 aromatic heterocycles. The first-order valence-corrected chi connectivity index (χ1v) is 9.20. The Hall–Kier alpha value is -1.56. The van der Waals surface area contributed by atoms with Crippen LogP contribution in [0.4, 0.5) is 0 Å². The van der Waals surface area contributed by atoms with Crippen molar-refractivity contribution < 1.29 is 8.42 Å². The third-order valence-corrected chi connectivity index (χ3v) is 5.20. The maximum Gasteiger partial charge on any atom is 0.191 e. The molecule has 0 aliphatic carbocycles. The summed E-state index contributed by atoms with van der Waals surface area (Å²) in [5.41, 5.74) is 1.25. The van der Waals surface area contributed by atoms with Gasteiger partial charge in [0.25, 0.3) is 0 Å². The zero-order valence-corrected chi connectivity index (χ0v) is 13.2. The van der Waals surface area contributed by atoms with Crippen molar-refractivity contribution in [2.45, 2.75) is 25.8 Å². The molecule has 1 saturated heterocycles. The van der Waals surface area contributed by atoms with Gasteiger partial charge in [-0.05, 0) is 25.3 Å². The van der Waals surface area contributed by atoms with Crippen molar-refractivity contribution in [2.24, 2.45) is 4.99 Å². The number of rotatable bonds is 5. The van der Waals surface area contributed by atoms with E-state index in [9.17, 15) is 8.42 Å². The summed E-state index contributed by atoms with van der Waals surface area (Å²) in [5, 5.41) is 6.39. The van der Waals surface area contributed by atoms with Gasteiger partial charge >= 0.3 is 0 Å². The first-order chi connectivity index (χ1) is 10.1. The van der Waals surface area contributed by atoms with Crippen LogP contribution in [0.1, 0.15) is 18.9 Å². The van der Waals surface area contributed by atoms with Crippen molar-refractivity contribution in [3.8, 4) is 0 Å². The number of nitrogens with zero attached hydrogens (tertiary/aromatic N) is 1. The van der Waals surface area contributed by atoms with Gasteiger partial charge < -0.3 is 10.6 Å². The summed E-state index contributed by atoms with van der Waals surface area (Å²) < 4.78 is 23.0. The molecule has 1 fully saturated rings. The molecule has 2 N–H and O–H groups in total. The highest BCUT2D eigenvalue weighted by molar-refractivity contribution is 7.91. The van der Waals surface area contributed by atoms with Gasteiger partial charge in [-0.15, -0.1) is 0 Å². The quantitative estimate of drug-likeness (QED) is 0.628. The first kappa shape index (κ1) is 15.8. The SMILES string of the molecule is CCNC(=NCCc1ccccc1)NC1CCS(=O)(=O)C1. The van der Waals surface area contributed by atoms with Crippen LogP contribution in [0.5, 0.6) is 0 Å². The molecule has 1 aliphatic heterocycles. The van der Waals surface area contributed by atoms with Gasteiger partial charge in [0.05, 0.1) is 11.5 Å². The van der Waals surface area contributed by atoms with Gasteiger partial charge in [0.15, 0.2) is 15.8 Å². The molecule has 1 heterocycles. The number of hydrogen-bond acceptors (Lipinski definition) is 3. The van der Waals surface area contributed by atoms with Gasteiger partial charge in [0.2, 0.25) is 0 Å². The van der Waals surface area contributed by atoms with Crippen LogP contribution in [0.25, 0.3) is 0 Å². The lowest BCUT2D eigenvalue weighted by molar-refractivity contribution is 0.599. The number of aliphatic imine (C=N–C) groups is 1. The summed E-state index contributed by atoms with van der Waals surface area (Å²) in [4.78, 5) is 4.52. The number of benzene rings is 1. The summed E-state index contributed by atoms with van der Waals surface area (Å²) in [5.74, 6) is 1.18. The van der Waals surface area contributed by atoms with Crippen LogP contribution in [-0.4, -0.2) is 45.0 Å². The number of sulfone groups is 1. The summed E-state index contributed by atoms with van der Waals surface area (Å²) in [6.07, 6.45) is 1.53. The molecule has 2 rings (SSSR count). The molecular formula is C15H23N3O2S. The monoisotopic (exact) mass is 309 g/mol. The van der Waals surface area contributed by atoms with Gasteiger partial charge in [-0.25, -0.2) is 8.42 Å². The van der Waals surface area contributed by atoms with Crippen LogP contribution in [0, 0.1) is 0 Å². The standard InChI is InChI=1S/C15H23N3O2S/c1-2-16-15(18-14-9-11-21(19,20)12-14)17-10-8-13-6-4-3-5-7-13/h3-7,14H,2,8-12H2,1H3,(H2,16,17,18). The molecule has 0 saturated carbocycles. The molecule has 0 radical (unpaired) electrons. The predicted molar refractivity (Wildman–Crippen MR) is 86.3 cm³/mol. The van der Waals surface area contributed by atoms with E-state index < -0.39 is 9.84 Å². The third-order valence-electron chi connectivity index (χ3n) is 3.43. The normalized spacial score (nSPS) is 21.2. The lowest BCUT2D eigenvalue weighted by Gasteiger charge is -2.15. The molecule has 1 atom stereocenters. The second-order valence-electron chi connectivity index (χ2n) is 5.24. The van der Waals surface area contributed by atoms with Gasteiger partial charge in [-0.1, -0.05) is 30.3 Å². The molecular weight excluding hydrogens is 286 g/mol. The Balaban J connectivity index is 1.87. The molecule has 6 heteroatoms. The Morgan fingerprint density at radius 3 is 2.71 bits per heavy atom. The minimum absolute atomic E-state index is 0.0236. The van der Waals surface area contributed by atoms with Crippen LogP contribution >= 0.6 is 0 Å². The minimum Gasteiger partial charge on any atom is -0.357 e. The Morgan fingerprint density at radius 2 is 2.10 bits per heavy atom. The Morgan fingerprint density at radius 1 is 1.33 bits per heavy atom. The van der Waals surface area contributed by atoms with E-state index in [4.69, 9.17) is 0 Å². The lowest BCUT2D eigenvalue weighted by atomic mass is 10.2. The fourth-order valence-corrected chi connectivity index (χ4v) is 4.04. The Labute approximate surface area is 126 Å². The second kappa shape index (κ2) is 7.45. The highest BCUT2D eigenvalue weighted by Gasteiger charge is 2.28. The molecule has 116 valence electrons. The Bertz CT molecular complexity index is 570. The summed E-state index contributed by atoms with van der Waals surface area (Å²) in [7, 11) is -2.86. The van der Waals surface area contributed by atoms with Crippen LogP contribution < -0.4 is 10.6 Å². The highest BCUT2D eigenvalue weighted by Crippen LogP contribution is 2.11. The molecule has 5 nitrogen and oxygen atoms in total. The zero-order valence-electron chi connectivity index (χ0n) is 12.4. The molecule has 0 amide bonds. The lowest BCUT2D eigenvalue weighted by Crippen LogP contribution is -2.44. The number of hydrogen-bond donors (Lipinski definition) is 2. The fraction of sp³-hybridized carbons (Fsp3) is 0.533. The van der Waals surface area contributed by atoms with Gasteiger partial charge in [-0.3, -0.25) is 4.99 Å². The summed E-state index contributed by atoms with van der Waals surface area (Å²) in [6, 6.07) is 10.2. The van der Waals surface area contributed by atoms with E-state index in [1.165, 1.54) is 5.56 Å². The number of nitrogens with one attached hydrogen (secondary N) is 2. The fourth-order valence-electron chi connectivity index (χ4n) is 2.36. The smallest absolute Gasteiger partial charge is 0.191 e. The average Bonchev–Trinajstić information content (AvgIpc) is 2.79. The molecule has 1 unspecified atom stereocenters. The van der Waals surface area contributed by atoms with Crippen molar-refractivity contribution >= 4 is 15.8 Å². The van der Waals surface area contributed by atoms with Gasteiger partial charge in [0.1, 0.15) is 0 Å². The van der Waals surface area contributed by atoms with Crippen molar-refractivity contribution in [3.63, 3.8) is 0 Å². The van der Waals surface area contributed by atoms with E-state index in [1.807, 2.05) is 25.1 Å². The number of guanidine groups is 1. The first-order valence-electron chi connectivity index (χ1n) is 7.38. The molecule has 1 aliphatic rings. The van der Waals surface area contributed by atoms with Gasteiger partial charge in [-0.2, -0.15) is 0 Å². The topological polar surface area (TPSA) is 70.6 Å². The highest BCUT2D eigenvalue weighted by atomic mass is 32.2. The molecule has 0 bridgehead atoms. The average molecular weight is 309 g/mol. The van der Waals surface area contributed by atoms with Crippen LogP contribution in [0.2, 0.25) is 0 Å². The van der Waals surface area contributed by atoms with Crippen molar-refractivity contribution in [1.82, 2.24) is 10.6 Å². The van der Waals surface area contributed by atoms with E-state index in [-0.39, 0.29) is 17.5 Å². The maximum absolute atomic E-state index is 11.5. The molecule has 1 aromatic rings. The van der Waals surface area contributed by atoms with Gasteiger partial charge in [0, 0.05) is 19.1 Å². The predicted octanol–water partition coefficient (Wildman–Crippen LogP) is 0.971. The van der Waals surface area contributed by atoms with Crippen molar-refractivity contribution in [1.29, 1.82) is 0 Å². The van der Waals surface area contributed by atoms with Crippen molar-refractivity contribution in [2.75, 3.05) is 24.6 Å². The van der Waals surface area contributed by atoms with E-state index in [2.05, 4.69) is 27.8 Å². The van der Waals surface area contributed by atoms with E-state index in [0.717, 1.165) is 13.0 Å². The van der Waals surface area contributed by atoms with Crippen LogP contribution in [0.3, 0.4) is 0 Å². The molecule has 21 heavy (non-hydrogen) atoms. The van der Waals surface area contributed by atoms with Crippen LogP contribution in [0.15, 0.2) is 35.3 Å². The molecule has 0 spiro atoms.